The van der Waals surface area contributed by atoms with Crippen molar-refractivity contribution in [1.29, 1.82) is 0 Å². The van der Waals surface area contributed by atoms with Crippen LogP contribution < -0.4 is 4.74 Å². The second-order valence-corrected chi connectivity index (χ2v) is 6.47. The lowest BCUT2D eigenvalue weighted by molar-refractivity contribution is 0.149. The predicted octanol–water partition coefficient (Wildman–Crippen LogP) is 1.38. The minimum atomic E-state index is -3.15. The van der Waals surface area contributed by atoms with Gasteiger partial charge in [0.1, 0.15) is 11.9 Å². The van der Waals surface area contributed by atoms with Crippen molar-refractivity contribution in [1.82, 2.24) is 0 Å². The SMILES string of the molecule is CS(=O)(=O)c1ccc(OC2CCC(O)C2)cc1. The molecule has 2 atom stereocenters. The lowest BCUT2D eigenvalue weighted by Gasteiger charge is -2.13. The molecule has 0 saturated heterocycles. The van der Waals surface area contributed by atoms with Gasteiger partial charge in [0.2, 0.25) is 0 Å². The van der Waals surface area contributed by atoms with Gasteiger partial charge in [-0.3, -0.25) is 0 Å². The topological polar surface area (TPSA) is 63.6 Å². The average molecular weight is 256 g/mol. The largest absolute Gasteiger partial charge is 0.490 e. The molecule has 0 bridgehead atoms. The van der Waals surface area contributed by atoms with Crippen molar-refractivity contribution in [3.63, 3.8) is 0 Å². The normalized spacial score (nSPS) is 24.8. The Balaban J connectivity index is 2.04. The van der Waals surface area contributed by atoms with E-state index >= 15 is 0 Å². The molecular formula is C12H16O4S. The molecule has 1 saturated carbocycles. The van der Waals surface area contributed by atoms with Crippen LogP contribution in [-0.2, 0) is 9.84 Å². The van der Waals surface area contributed by atoms with Gasteiger partial charge in [-0.05, 0) is 37.1 Å². The predicted molar refractivity (Wildman–Crippen MR) is 63.8 cm³/mol. The molecule has 94 valence electrons. The average Bonchev–Trinajstić information content (AvgIpc) is 2.63. The molecule has 2 unspecified atom stereocenters. The third-order valence-corrected chi connectivity index (χ3v) is 4.04. The minimum absolute atomic E-state index is 0.0362. The molecule has 17 heavy (non-hydrogen) atoms. The highest BCUT2D eigenvalue weighted by atomic mass is 32.2. The summed E-state index contributed by atoms with van der Waals surface area (Å²) >= 11 is 0. The zero-order valence-electron chi connectivity index (χ0n) is 9.67. The highest BCUT2D eigenvalue weighted by molar-refractivity contribution is 7.90. The third-order valence-electron chi connectivity index (χ3n) is 2.91. The van der Waals surface area contributed by atoms with Crippen molar-refractivity contribution >= 4 is 9.84 Å². The van der Waals surface area contributed by atoms with Crippen molar-refractivity contribution < 1.29 is 18.3 Å². The van der Waals surface area contributed by atoms with E-state index < -0.39 is 9.84 Å². The van der Waals surface area contributed by atoms with Crippen molar-refractivity contribution in [3.05, 3.63) is 24.3 Å². The van der Waals surface area contributed by atoms with Crippen LogP contribution >= 0.6 is 0 Å². The molecule has 5 heteroatoms. The van der Waals surface area contributed by atoms with Crippen LogP contribution in [0.2, 0.25) is 0 Å². The molecule has 4 nitrogen and oxygen atoms in total. The third kappa shape index (κ3) is 3.20. The summed E-state index contributed by atoms with van der Waals surface area (Å²) in [4.78, 5) is 0.288. The fraction of sp³-hybridized carbons (Fsp3) is 0.500. The molecule has 1 fully saturated rings. The number of rotatable bonds is 3. The summed E-state index contributed by atoms with van der Waals surface area (Å²) in [5.41, 5.74) is 0. The van der Waals surface area contributed by atoms with Crippen LogP contribution in [0.1, 0.15) is 19.3 Å². The Morgan fingerprint density at radius 2 is 1.88 bits per heavy atom. The Morgan fingerprint density at radius 1 is 1.24 bits per heavy atom. The summed E-state index contributed by atoms with van der Waals surface area (Å²) in [6.45, 7) is 0. The summed E-state index contributed by atoms with van der Waals surface area (Å²) in [5.74, 6) is 0.650. The van der Waals surface area contributed by atoms with Crippen molar-refractivity contribution in [2.24, 2.45) is 0 Å². The molecule has 2 rings (SSSR count). The van der Waals surface area contributed by atoms with Crippen LogP contribution in [0.4, 0.5) is 0 Å². The number of hydrogen-bond acceptors (Lipinski definition) is 4. The van der Waals surface area contributed by atoms with E-state index in [1.165, 1.54) is 18.4 Å². The minimum Gasteiger partial charge on any atom is -0.490 e. The van der Waals surface area contributed by atoms with E-state index in [9.17, 15) is 13.5 Å². The van der Waals surface area contributed by atoms with Gasteiger partial charge >= 0.3 is 0 Å². The van der Waals surface area contributed by atoms with Gasteiger partial charge in [0.15, 0.2) is 9.84 Å². The van der Waals surface area contributed by atoms with Gasteiger partial charge in [0.05, 0.1) is 11.0 Å². The van der Waals surface area contributed by atoms with Gasteiger partial charge in [-0.2, -0.15) is 0 Å². The number of sulfone groups is 1. The molecule has 0 heterocycles. The quantitative estimate of drug-likeness (QED) is 0.887. The highest BCUT2D eigenvalue weighted by Gasteiger charge is 2.24. The van der Waals surface area contributed by atoms with Crippen LogP contribution in [0.15, 0.2) is 29.2 Å². The molecule has 0 aromatic heterocycles. The van der Waals surface area contributed by atoms with Crippen LogP contribution in [-0.4, -0.2) is 32.0 Å². The molecule has 1 aromatic carbocycles. The van der Waals surface area contributed by atoms with E-state index in [1.54, 1.807) is 12.1 Å². The van der Waals surface area contributed by atoms with Crippen LogP contribution in [0.25, 0.3) is 0 Å². The fourth-order valence-corrected chi connectivity index (χ4v) is 2.61. The summed E-state index contributed by atoms with van der Waals surface area (Å²) in [5, 5.41) is 9.37. The monoisotopic (exact) mass is 256 g/mol. The van der Waals surface area contributed by atoms with E-state index in [-0.39, 0.29) is 17.1 Å². The number of hydrogen-bond donors (Lipinski definition) is 1. The second kappa shape index (κ2) is 4.66. The van der Waals surface area contributed by atoms with E-state index in [1.807, 2.05) is 0 Å². The van der Waals surface area contributed by atoms with E-state index in [4.69, 9.17) is 4.74 Å². The Labute approximate surface area is 101 Å². The van der Waals surface area contributed by atoms with Crippen molar-refractivity contribution in [3.8, 4) is 5.75 Å². The van der Waals surface area contributed by atoms with Gasteiger partial charge in [-0.15, -0.1) is 0 Å². The van der Waals surface area contributed by atoms with Gasteiger partial charge in [0, 0.05) is 12.7 Å². The number of ether oxygens (including phenoxy) is 1. The Kier molecular flexibility index (Phi) is 3.40. The molecular weight excluding hydrogens is 240 g/mol. The number of aliphatic hydroxyl groups excluding tert-OH is 1. The highest BCUT2D eigenvalue weighted by Crippen LogP contribution is 2.25. The summed E-state index contributed by atoms with van der Waals surface area (Å²) in [6.07, 6.45) is 3.20. The lowest BCUT2D eigenvalue weighted by atomic mass is 10.3. The van der Waals surface area contributed by atoms with Gasteiger partial charge in [-0.25, -0.2) is 8.42 Å². The first-order valence-corrected chi connectivity index (χ1v) is 7.49. The molecule has 1 aliphatic rings. The molecule has 0 aliphatic heterocycles. The standard InChI is InChI=1S/C12H16O4S/c1-17(14,15)12-6-4-10(5-7-12)16-11-3-2-9(13)8-11/h4-7,9,11,13H,2-3,8H2,1H3. The molecule has 1 N–H and O–H groups in total. The van der Waals surface area contributed by atoms with E-state index in [0.29, 0.717) is 12.2 Å². The zero-order chi connectivity index (χ0) is 12.5. The Bertz CT molecular complexity index is 478. The first-order chi connectivity index (χ1) is 7.95. The molecule has 1 aromatic rings. The van der Waals surface area contributed by atoms with Crippen molar-refractivity contribution in [2.45, 2.75) is 36.4 Å². The van der Waals surface area contributed by atoms with Crippen LogP contribution in [0.5, 0.6) is 5.75 Å². The summed E-state index contributed by atoms with van der Waals surface area (Å²) in [7, 11) is -3.15. The maximum absolute atomic E-state index is 11.3. The molecule has 0 amide bonds. The Hall–Kier alpha value is -1.07. The fourth-order valence-electron chi connectivity index (χ4n) is 1.98. The number of benzene rings is 1. The first-order valence-electron chi connectivity index (χ1n) is 5.60. The van der Waals surface area contributed by atoms with Crippen LogP contribution in [0.3, 0.4) is 0 Å². The van der Waals surface area contributed by atoms with E-state index in [2.05, 4.69) is 0 Å². The number of aliphatic hydroxyl groups is 1. The van der Waals surface area contributed by atoms with Gasteiger partial charge in [0.25, 0.3) is 0 Å². The molecule has 1 aliphatic carbocycles. The van der Waals surface area contributed by atoms with Crippen molar-refractivity contribution in [2.75, 3.05) is 6.26 Å². The first kappa shape index (κ1) is 12.4. The van der Waals surface area contributed by atoms with E-state index in [0.717, 1.165) is 12.8 Å². The molecule has 0 spiro atoms. The zero-order valence-corrected chi connectivity index (χ0v) is 10.5. The van der Waals surface area contributed by atoms with Crippen LogP contribution in [0, 0.1) is 0 Å². The lowest BCUT2D eigenvalue weighted by Crippen LogP contribution is -2.13. The van der Waals surface area contributed by atoms with Gasteiger partial charge < -0.3 is 9.84 Å². The Morgan fingerprint density at radius 3 is 2.35 bits per heavy atom. The maximum atomic E-state index is 11.3. The smallest absolute Gasteiger partial charge is 0.175 e. The summed E-state index contributed by atoms with van der Waals surface area (Å²) < 4.78 is 28.2. The maximum Gasteiger partial charge on any atom is 0.175 e. The van der Waals surface area contributed by atoms with Gasteiger partial charge in [-0.1, -0.05) is 0 Å². The molecule has 0 radical (unpaired) electrons. The summed E-state index contributed by atoms with van der Waals surface area (Å²) in [6, 6.07) is 6.38. The second-order valence-electron chi connectivity index (χ2n) is 4.45.